The Morgan fingerprint density at radius 2 is 1.22 bits per heavy atom. The minimum absolute atomic E-state index is 0.0871. The van der Waals surface area contributed by atoms with E-state index in [4.69, 9.17) is 33.2 Å². The minimum atomic E-state index is -2.03. The van der Waals surface area contributed by atoms with Crippen LogP contribution in [0.2, 0.25) is 0 Å². The molecule has 0 bridgehead atoms. The molecule has 24 atom stereocenters. The second-order valence-corrected chi connectivity index (χ2v) is 23.0. The summed E-state index contributed by atoms with van der Waals surface area (Å²) in [7, 11) is 1.39. The fourth-order valence-corrected chi connectivity index (χ4v) is 15.1. The zero-order valence-electron chi connectivity index (χ0n) is 40.1. The van der Waals surface area contributed by atoms with E-state index in [0.29, 0.717) is 38.5 Å². The minimum Gasteiger partial charge on any atom is -0.481 e. The summed E-state index contributed by atoms with van der Waals surface area (Å²) >= 11 is 0. The number of hydrogen-bond donors (Lipinski definition) is 11. The summed E-state index contributed by atoms with van der Waals surface area (Å²) in [5.41, 5.74) is -1.91. The van der Waals surface area contributed by atoms with Crippen molar-refractivity contribution in [2.45, 2.75) is 204 Å². The second kappa shape index (κ2) is 18.5. The van der Waals surface area contributed by atoms with E-state index in [-0.39, 0.29) is 40.0 Å². The standard InChI is InChI=1S/C48H76O20/c1-43(2)25-10-13-47(6)26(9-8-21-22-18-44(3,42(61)62-7)14-16-48(22,41(59)60)17-15-46(21,47)5)45(25,4)12-11-27(43)65-39-35(31(54)28(51)23(19-49)63-39)67-40-36(32(55)29(52)24(20-50)64-40)66-38-34(57)30(53)33(56)37(58)68-38/h8,22-40,49-58H,9-20H2,1-7H3,(H,59,60)/t22-,23-,24-,25-,26+,27+,28-,29-,30-,31+,32+,33-,34-,35-,36-,37-,38-,39+,40+,44+,45+,46-,47-,48+/m1/s1. The molecule has 7 fully saturated rings. The smallest absolute Gasteiger partial charge is 0.311 e. The summed E-state index contributed by atoms with van der Waals surface area (Å²) in [6, 6.07) is 0. The summed E-state index contributed by atoms with van der Waals surface area (Å²) in [4.78, 5) is 26.5. The van der Waals surface area contributed by atoms with Gasteiger partial charge in [0.15, 0.2) is 25.2 Å². The summed E-state index contributed by atoms with van der Waals surface area (Å²) < 4.78 is 41.3. The highest BCUT2D eigenvalue weighted by molar-refractivity contribution is 5.80. The highest BCUT2D eigenvalue weighted by atomic mass is 16.8. The van der Waals surface area contributed by atoms with Crippen molar-refractivity contribution in [3.05, 3.63) is 11.6 Å². The molecule has 5 aliphatic carbocycles. The number of aliphatic hydroxyl groups excluding tert-OH is 10. The van der Waals surface area contributed by atoms with E-state index in [9.17, 15) is 65.8 Å². The van der Waals surface area contributed by atoms with Crippen LogP contribution < -0.4 is 0 Å². The monoisotopic (exact) mass is 972 g/mol. The molecule has 11 N–H and O–H groups in total. The molecule has 8 rings (SSSR count). The largest absolute Gasteiger partial charge is 0.481 e. The molecule has 20 heteroatoms. The number of aliphatic carboxylic acids is 1. The Morgan fingerprint density at radius 3 is 1.79 bits per heavy atom. The molecule has 3 aliphatic heterocycles. The van der Waals surface area contributed by atoms with Crippen molar-refractivity contribution < 1.29 is 98.9 Å². The number of allylic oxidation sites excluding steroid dienone is 2. The normalized spacial score (nSPS) is 53.4. The molecule has 0 radical (unpaired) electrons. The van der Waals surface area contributed by atoms with Crippen molar-refractivity contribution in [1.29, 1.82) is 0 Å². The molecule has 3 heterocycles. The number of aliphatic hydroxyl groups is 10. The van der Waals surface area contributed by atoms with Crippen molar-refractivity contribution in [1.82, 2.24) is 0 Å². The summed E-state index contributed by atoms with van der Waals surface area (Å²) in [5, 5.41) is 117. The maximum absolute atomic E-state index is 13.3. The lowest BCUT2D eigenvalue weighted by Crippen LogP contribution is -2.68. The number of hydrogen-bond acceptors (Lipinski definition) is 19. The lowest BCUT2D eigenvalue weighted by atomic mass is 9.33. The van der Waals surface area contributed by atoms with E-state index in [1.165, 1.54) is 7.11 Å². The van der Waals surface area contributed by atoms with Crippen molar-refractivity contribution in [3.8, 4) is 0 Å². The van der Waals surface area contributed by atoms with E-state index in [1.54, 1.807) is 0 Å². The lowest BCUT2D eigenvalue weighted by molar-refractivity contribution is -0.406. The number of carboxylic acid groups (broad SMARTS) is 1. The molecule has 0 amide bonds. The van der Waals surface area contributed by atoms with Gasteiger partial charge in [-0.25, -0.2) is 0 Å². The van der Waals surface area contributed by atoms with E-state index in [2.05, 4.69) is 40.7 Å². The molecule has 0 unspecified atom stereocenters. The number of carbonyl (C=O) groups is 2. The van der Waals surface area contributed by atoms with Gasteiger partial charge < -0.3 is 89.3 Å². The number of rotatable bonds is 10. The molecular formula is C48H76O20. The quantitative estimate of drug-likeness (QED) is 0.0768. The molecule has 20 nitrogen and oxygen atoms in total. The second-order valence-electron chi connectivity index (χ2n) is 23.0. The van der Waals surface area contributed by atoms with Crippen LogP contribution in [0.1, 0.15) is 106 Å². The molecular weight excluding hydrogens is 897 g/mol. The Morgan fingerprint density at radius 1 is 0.647 bits per heavy atom. The lowest BCUT2D eigenvalue weighted by Gasteiger charge is -2.71. The van der Waals surface area contributed by atoms with Gasteiger partial charge in [0.25, 0.3) is 0 Å². The summed E-state index contributed by atoms with van der Waals surface area (Å²) in [5.74, 6) is -1.13. The van der Waals surface area contributed by atoms with Crippen molar-refractivity contribution in [3.63, 3.8) is 0 Å². The van der Waals surface area contributed by atoms with E-state index < -0.39 is 134 Å². The molecule has 68 heavy (non-hydrogen) atoms. The Kier molecular flexibility index (Phi) is 14.3. The molecule has 4 saturated carbocycles. The SMILES string of the molecule is COC(=O)[C@@]1(C)CC[C@]2(C(=O)O)CC[C@]3(C)C(=CC[C@H]4[C@@]5(C)CC[C@H](O[C@@H]6O[C@H](CO)[C@@H](O)[C@H](O)[C@H]6O[C@@H]6O[C@H](CO)[C@@H](O)[C@H](O)[C@H]6O[C@@H]6O[C@@H](O)[C@H](O)[C@@H](O)[C@H]6O)C(C)(C)[C@H]5CC[C@]43C)[C@H]2C1. The first kappa shape index (κ1) is 52.4. The predicted molar refractivity (Wildman–Crippen MR) is 232 cm³/mol. The third kappa shape index (κ3) is 7.94. The van der Waals surface area contributed by atoms with Crippen LogP contribution in [0, 0.1) is 50.2 Å². The van der Waals surface area contributed by atoms with Gasteiger partial charge in [-0.15, -0.1) is 0 Å². The van der Waals surface area contributed by atoms with Gasteiger partial charge in [-0.3, -0.25) is 9.59 Å². The third-order valence-corrected chi connectivity index (χ3v) is 19.5. The number of carbonyl (C=O) groups excluding carboxylic acids is 1. The van der Waals surface area contributed by atoms with Crippen LogP contribution in [0.3, 0.4) is 0 Å². The zero-order valence-corrected chi connectivity index (χ0v) is 40.1. The molecule has 0 aromatic carbocycles. The number of carboxylic acids is 1. The Balaban J connectivity index is 1.06. The first-order chi connectivity index (χ1) is 31.8. The summed E-state index contributed by atoms with van der Waals surface area (Å²) in [6.45, 7) is 11.7. The maximum atomic E-state index is 13.3. The van der Waals surface area contributed by atoms with Crippen molar-refractivity contribution >= 4 is 11.9 Å². The average molecular weight is 973 g/mol. The fraction of sp³-hybridized carbons (Fsp3) is 0.917. The molecule has 0 spiro atoms. The average Bonchev–Trinajstić information content (AvgIpc) is 3.29. The van der Waals surface area contributed by atoms with Gasteiger partial charge in [0, 0.05) is 0 Å². The Labute approximate surface area is 396 Å². The topological polar surface area (TPSA) is 321 Å². The Hall–Kier alpha value is -1.96. The molecule has 388 valence electrons. The number of methoxy groups -OCH3 is 1. The van der Waals surface area contributed by atoms with Gasteiger partial charge in [-0.1, -0.05) is 46.3 Å². The third-order valence-electron chi connectivity index (χ3n) is 19.5. The van der Waals surface area contributed by atoms with Gasteiger partial charge in [0.1, 0.15) is 67.1 Å². The highest BCUT2D eigenvalue weighted by Crippen LogP contribution is 2.76. The van der Waals surface area contributed by atoms with Crippen LogP contribution in [0.15, 0.2) is 11.6 Å². The molecule has 0 aromatic heterocycles. The van der Waals surface area contributed by atoms with Crippen LogP contribution in [0.5, 0.6) is 0 Å². The summed E-state index contributed by atoms with van der Waals surface area (Å²) in [6.07, 6.45) is -18.7. The first-order valence-corrected chi connectivity index (χ1v) is 24.4. The van der Waals surface area contributed by atoms with E-state index >= 15 is 0 Å². The van der Waals surface area contributed by atoms with Crippen molar-refractivity contribution in [2.24, 2.45) is 50.2 Å². The van der Waals surface area contributed by atoms with Gasteiger partial charge >= 0.3 is 11.9 Å². The van der Waals surface area contributed by atoms with Crippen LogP contribution in [-0.2, 0) is 42.7 Å². The van der Waals surface area contributed by atoms with Crippen LogP contribution in [0.25, 0.3) is 0 Å². The van der Waals surface area contributed by atoms with Crippen molar-refractivity contribution in [2.75, 3.05) is 20.3 Å². The van der Waals surface area contributed by atoms with E-state index in [0.717, 1.165) is 31.3 Å². The predicted octanol–water partition coefficient (Wildman–Crippen LogP) is -0.183. The molecule has 3 saturated heterocycles. The van der Waals surface area contributed by atoms with Crippen LogP contribution in [0.4, 0.5) is 0 Å². The number of ether oxygens (including phenoxy) is 7. The van der Waals surface area contributed by atoms with Crippen LogP contribution in [-0.4, -0.2) is 187 Å². The van der Waals surface area contributed by atoms with Crippen LogP contribution >= 0.6 is 0 Å². The van der Waals surface area contributed by atoms with Gasteiger partial charge in [-0.2, -0.15) is 0 Å². The highest BCUT2D eigenvalue weighted by Gasteiger charge is 2.70. The Bertz CT molecular complexity index is 1900. The van der Waals surface area contributed by atoms with Gasteiger partial charge in [-0.05, 0) is 111 Å². The van der Waals surface area contributed by atoms with E-state index in [1.807, 2.05) is 6.92 Å². The maximum Gasteiger partial charge on any atom is 0.311 e. The van der Waals surface area contributed by atoms with Gasteiger partial charge in [0.05, 0.1) is 37.3 Å². The molecule has 0 aromatic rings. The van der Waals surface area contributed by atoms with Gasteiger partial charge in [0.2, 0.25) is 0 Å². The number of fused-ring (bicyclic) bond motifs is 7. The fourth-order valence-electron chi connectivity index (χ4n) is 15.1. The molecule has 8 aliphatic rings. The number of esters is 1. The zero-order chi connectivity index (χ0) is 49.8. The first-order valence-electron chi connectivity index (χ1n) is 24.4.